The van der Waals surface area contributed by atoms with E-state index in [1.165, 1.54) is 0 Å². The third-order valence-electron chi connectivity index (χ3n) is 2.49. The van der Waals surface area contributed by atoms with Crippen LogP contribution in [0.15, 0.2) is 0 Å². The van der Waals surface area contributed by atoms with Gasteiger partial charge in [-0.2, -0.15) is 0 Å². The summed E-state index contributed by atoms with van der Waals surface area (Å²) in [5, 5.41) is 9.03. The van der Waals surface area contributed by atoms with Crippen molar-refractivity contribution < 1.29 is 14.6 Å². The summed E-state index contributed by atoms with van der Waals surface area (Å²) in [6.07, 6.45) is 1.17. The largest absolute Gasteiger partial charge is 0.396 e. The molecule has 1 aliphatic rings. The summed E-state index contributed by atoms with van der Waals surface area (Å²) in [5.74, 6) is 0.699. The van der Waals surface area contributed by atoms with Gasteiger partial charge in [-0.3, -0.25) is 0 Å². The number of aliphatic hydroxyl groups excluding tert-OH is 1. The molecule has 72 valence electrons. The van der Waals surface area contributed by atoms with Crippen LogP contribution in [0, 0.1) is 11.8 Å². The van der Waals surface area contributed by atoms with Crippen molar-refractivity contribution in [2.75, 3.05) is 26.9 Å². The van der Waals surface area contributed by atoms with Gasteiger partial charge in [-0.05, 0) is 6.42 Å². The average Bonchev–Trinajstić information content (AvgIpc) is 2.51. The van der Waals surface area contributed by atoms with Gasteiger partial charge < -0.3 is 14.6 Å². The molecule has 0 aliphatic carbocycles. The molecular weight excluding hydrogens is 156 g/mol. The first kappa shape index (κ1) is 9.96. The molecule has 3 nitrogen and oxygen atoms in total. The smallest absolute Gasteiger partial charge is 0.0673 e. The summed E-state index contributed by atoms with van der Waals surface area (Å²) < 4.78 is 10.6. The summed E-state index contributed by atoms with van der Waals surface area (Å²) in [6, 6.07) is 0. The van der Waals surface area contributed by atoms with Crippen molar-refractivity contribution in [2.45, 2.75) is 19.4 Å². The Morgan fingerprint density at radius 1 is 1.67 bits per heavy atom. The number of hydrogen-bond donors (Lipinski definition) is 1. The van der Waals surface area contributed by atoms with E-state index in [1.807, 2.05) is 0 Å². The zero-order chi connectivity index (χ0) is 8.97. The molecule has 3 heteroatoms. The van der Waals surface area contributed by atoms with Gasteiger partial charge in [0.05, 0.1) is 12.7 Å². The fraction of sp³-hybridized carbons (Fsp3) is 1.00. The lowest BCUT2D eigenvalue weighted by Gasteiger charge is -2.22. The van der Waals surface area contributed by atoms with Crippen LogP contribution in [0.5, 0.6) is 0 Å². The van der Waals surface area contributed by atoms with Crippen molar-refractivity contribution >= 4 is 0 Å². The topological polar surface area (TPSA) is 38.7 Å². The maximum absolute atomic E-state index is 9.03. The predicted octanol–water partition coefficient (Wildman–Crippen LogP) is 0.666. The lowest BCUT2D eigenvalue weighted by Crippen LogP contribution is -2.29. The maximum atomic E-state index is 9.03. The molecule has 1 heterocycles. The monoisotopic (exact) mass is 174 g/mol. The Hall–Kier alpha value is -0.120. The Morgan fingerprint density at radius 3 is 3.00 bits per heavy atom. The van der Waals surface area contributed by atoms with E-state index in [2.05, 4.69) is 6.92 Å². The van der Waals surface area contributed by atoms with E-state index >= 15 is 0 Å². The van der Waals surface area contributed by atoms with Crippen molar-refractivity contribution in [2.24, 2.45) is 11.8 Å². The molecule has 3 atom stereocenters. The Bertz CT molecular complexity index is 127. The van der Waals surface area contributed by atoms with E-state index in [1.54, 1.807) is 7.11 Å². The number of aliphatic hydroxyl groups is 1. The molecule has 1 aliphatic heterocycles. The number of rotatable bonds is 4. The summed E-state index contributed by atoms with van der Waals surface area (Å²) in [5.41, 5.74) is 0. The molecular formula is C9H18O3. The number of ether oxygens (including phenoxy) is 2. The first-order valence-corrected chi connectivity index (χ1v) is 4.51. The highest BCUT2D eigenvalue weighted by molar-refractivity contribution is 4.79. The van der Waals surface area contributed by atoms with Crippen molar-refractivity contribution in [3.8, 4) is 0 Å². The second kappa shape index (κ2) is 4.80. The quantitative estimate of drug-likeness (QED) is 0.680. The lowest BCUT2D eigenvalue weighted by molar-refractivity contribution is 0.00363. The fourth-order valence-electron chi connectivity index (χ4n) is 1.84. The molecule has 1 fully saturated rings. The van der Waals surface area contributed by atoms with Crippen LogP contribution in [-0.4, -0.2) is 38.1 Å². The van der Waals surface area contributed by atoms with Gasteiger partial charge in [0.15, 0.2) is 0 Å². The summed E-state index contributed by atoms with van der Waals surface area (Å²) in [7, 11) is 1.69. The van der Waals surface area contributed by atoms with Crippen molar-refractivity contribution in [3.63, 3.8) is 0 Å². The first-order valence-electron chi connectivity index (χ1n) is 4.51. The van der Waals surface area contributed by atoms with Gasteiger partial charge in [-0.1, -0.05) is 6.92 Å². The fourth-order valence-corrected chi connectivity index (χ4v) is 1.84. The molecule has 0 aromatic carbocycles. The van der Waals surface area contributed by atoms with Gasteiger partial charge in [0.1, 0.15) is 0 Å². The maximum Gasteiger partial charge on any atom is 0.0673 e. The molecule has 0 aromatic rings. The molecule has 0 saturated carbocycles. The highest BCUT2D eigenvalue weighted by Crippen LogP contribution is 2.26. The third-order valence-corrected chi connectivity index (χ3v) is 2.49. The van der Waals surface area contributed by atoms with E-state index in [0.717, 1.165) is 13.0 Å². The Labute approximate surface area is 73.7 Å². The van der Waals surface area contributed by atoms with Gasteiger partial charge in [0, 0.05) is 32.2 Å². The molecule has 1 rings (SSSR count). The third kappa shape index (κ3) is 2.19. The predicted molar refractivity (Wildman–Crippen MR) is 46.0 cm³/mol. The summed E-state index contributed by atoms with van der Waals surface area (Å²) in [4.78, 5) is 0. The SMILES string of the molecule is COCC(C)C1OCCC1CO. The van der Waals surface area contributed by atoms with Crippen LogP contribution in [0.4, 0.5) is 0 Å². The molecule has 0 bridgehead atoms. The molecule has 0 radical (unpaired) electrons. The Balaban J connectivity index is 2.38. The molecule has 12 heavy (non-hydrogen) atoms. The van der Waals surface area contributed by atoms with Crippen LogP contribution in [0.2, 0.25) is 0 Å². The van der Waals surface area contributed by atoms with Gasteiger partial charge in [0.25, 0.3) is 0 Å². The Morgan fingerprint density at radius 2 is 2.42 bits per heavy atom. The minimum Gasteiger partial charge on any atom is -0.396 e. The van der Waals surface area contributed by atoms with Gasteiger partial charge in [-0.15, -0.1) is 0 Å². The average molecular weight is 174 g/mol. The van der Waals surface area contributed by atoms with Gasteiger partial charge in [-0.25, -0.2) is 0 Å². The van der Waals surface area contributed by atoms with Crippen molar-refractivity contribution in [1.29, 1.82) is 0 Å². The second-order valence-electron chi connectivity index (χ2n) is 3.50. The van der Waals surface area contributed by atoms with Crippen LogP contribution in [0.3, 0.4) is 0 Å². The van der Waals surface area contributed by atoms with E-state index in [4.69, 9.17) is 14.6 Å². The van der Waals surface area contributed by atoms with Crippen molar-refractivity contribution in [1.82, 2.24) is 0 Å². The zero-order valence-corrected chi connectivity index (χ0v) is 7.82. The van der Waals surface area contributed by atoms with Crippen molar-refractivity contribution in [3.05, 3.63) is 0 Å². The van der Waals surface area contributed by atoms with Crippen LogP contribution in [-0.2, 0) is 9.47 Å². The highest BCUT2D eigenvalue weighted by Gasteiger charge is 2.31. The minimum absolute atomic E-state index is 0.190. The lowest BCUT2D eigenvalue weighted by atomic mass is 9.93. The summed E-state index contributed by atoms with van der Waals surface area (Å²) >= 11 is 0. The number of hydrogen-bond acceptors (Lipinski definition) is 3. The van der Waals surface area contributed by atoms with E-state index < -0.39 is 0 Å². The van der Waals surface area contributed by atoms with Gasteiger partial charge >= 0.3 is 0 Å². The number of methoxy groups -OCH3 is 1. The van der Waals surface area contributed by atoms with Crippen LogP contribution in [0.25, 0.3) is 0 Å². The summed E-state index contributed by atoms with van der Waals surface area (Å²) in [6.45, 7) is 3.83. The molecule has 0 aromatic heterocycles. The van der Waals surface area contributed by atoms with Crippen LogP contribution >= 0.6 is 0 Å². The normalized spacial score (nSPS) is 32.2. The van der Waals surface area contributed by atoms with E-state index in [0.29, 0.717) is 18.4 Å². The Kier molecular flexibility index (Phi) is 3.98. The van der Waals surface area contributed by atoms with E-state index in [9.17, 15) is 0 Å². The second-order valence-corrected chi connectivity index (χ2v) is 3.50. The standard InChI is InChI=1S/C9H18O3/c1-7(6-11-2)9-8(5-10)3-4-12-9/h7-10H,3-6H2,1-2H3. The minimum atomic E-state index is 0.190. The molecule has 0 amide bonds. The molecule has 0 spiro atoms. The zero-order valence-electron chi connectivity index (χ0n) is 7.82. The molecule has 1 saturated heterocycles. The molecule has 1 N–H and O–H groups in total. The van der Waals surface area contributed by atoms with Gasteiger partial charge in [0.2, 0.25) is 0 Å². The first-order chi connectivity index (χ1) is 5.79. The highest BCUT2D eigenvalue weighted by atomic mass is 16.5. The van der Waals surface area contributed by atoms with Crippen LogP contribution < -0.4 is 0 Å². The van der Waals surface area contributed by atoms with E-state index in [-0.39, 0.29) is 12.7 Å². The van der Waals surface area contributed by atoms with Crippen LogP contribution in [0.1, 0.15) is 13.3 Å². The molecule has 3 unspecified atom stereocenters.